The molecule has 98 valence electrons. The second-order valence-electron chi connectivity index (χ2n) is 4.27. The van der Waals surface area contributed by atoms with Gasteiger partial charge in [0.1, 0.15) is 5.82 Å². The number of hydrogen-bond acceptors (Lipinski definition) is 6. The quantitative estimate of drug-likeness (QED) is 0.740. The molecule has 1 saturated heterocycles. The lowest BCUT2D eigenvalue weighted by Crippen LogP contribution is -2.29. The van der Waals surface area contributed by atoms with Crippen LogP contribution in [0.5, 0.6) is 0 Å². The number of rotatable bonds is 4. The Labute approximate surface area is 106 Å². The summed E-state index contributed by atoms with van der Waals surface area (Å²) >= 11 is 0. The lowest BCUT2D eigenvalue weighted by molar-refractivity contribution is 0.0593. The minimum Gasteiger partial charge on any atom is -0.464 e. The highest BCUT2D eigenvalue weighted by molar-refractivity contribution is 5.87. The van der Waals surface area contributed by atoms with Crippen LogP contribution < -0.4 is 4.90 Å². The molecule has 1 atom stereocenters. The van der Waals surface area contributed by atoms with Gasteiger partial charge in [-0.2, -0.15) is 0 Å². The average Bonchev–Trinajstić information content (AvgIpc) is 2.90. The molecule has 0 amide bonds. The van der Waals surface area contributed by atoms with E-state index in [1.54, 1.807) is 6.20 Å². The fraction of sp³-hybridized carbons (Fsp3) is 0.583. The summed E-state index contributed by atoms with van der Waals surface area (Å²) in [4.78, 5) is 21.5. The normalized spacial score (nSPS) is 18.7. The first kappa shape index (κ1) is 12.8. The van der Waals surface area contributed by atoms with Gasteiger partial charge in [0, 0.05) is 20.2 Å². The zero-order valence-electron chi connectivity index (χ0n) is 10.6. The van der Waals surface area contributed by atoms with Crippen molar-refractivity contribution in [2.75, 3.05) is 32.2 Å². The summed E-state index contributed by atoms with van der Waals surface area (Å²) in [6, 6.07) is 0. The fourth-order valence-corrected chi connectivity index (χ4v) is 1.93. The lowest BCUT2D eigenvalue weighted by atomic mass is 10.2. The molecular weight excluding hydrogens is 234 g/mol. The molecular formula is C12H17N3O3. The number of hydrogen-bond donors (Lipinski definition) is 0. The van der Waals surface area contributed by atoms with Crippen LogP contribution in [0.2, 0.25) is 0 Å². The molecule has 0 aliphatic carbocycles. The molecule has 1 unspecified atom stereocenters. The zero-order chi connectivity index (χ0) is 13.0. The Morgan fingerprint density at radius 3 is 3.11 bits per heavy atom. The van der Waals surface area contributed by atoms with Crippen LogP contribution in [0.25, 0.3) is 0 Å². The molecule has 0 radical (unpaired) electrons. The minimum atomic E-state index is -0.477. The number of likely N-dealkylation sites (N-methyl/N-ethyl adjacent to an activating group) is 1. The number of aromatic nitrogens is 2. The van der Waals surface area contributed by atoms with Gasteiger partial charge in [-0.15, -0.1) is 0 Å². The van der Waals surface area contributed by atoms with Crippen LogP contribution in [0.3, 0.4) is 0 Å². The van der Waals surface area contributed by atoms with E-state index in [0.717, 1.165) is 26.0 Å². The highest BCUT2D eigenvalue weighted by Gasteiger charge is 2.19. The van der Waals surface area contributed by atoms with E-state index in [-0.39, 0.29) is 11.8 Å². The summed E-state index contributed by atoms with van der Waals surface area (Å²) in [5.41, 5.74) is 0.217. The van der Waals surface area contributed by atoms with Crippen LogP contribution in [-0.2, 0) is 9.47 Å². The summed E-state index contributed by atoms with van der Waals surface area (Å²) in [7, 11) is 3.24. The van der Waals surface area contributed by atoms with Gasteiger partial charge in [0.2, 0.25) is 0 Å². The van der Waals surface area contributed by atoms with Crippen molar-refractivity contribution in [2.45, 2.75) is 18.9 Å². The van der Waals surface area contributed by atoms with Crippen molar-refractivity contribution in [1.29, 1.82) is 0 Å². The molecule has 1 aliphatic heterocycles. The maximum atomic E-state index is 11.4. The summed E-state index contributed by atoms with van der Waals surface area (Å²) in [5, 5.41) is 0. The van der Waals surface area contributed by atoms with Crippen LogP contribution in [0.1, 0.15) is 23.3 Å². The Kier molecular flexibility index (Phi) is 4.09. The number of carbonyl (C=O) groups excluding carboxylic acids is 1. The summed E-state index contributed by atoms with van der Waals surface area (Å²) < 4.78 is 10.2. The largest absolute Gasteiger partial charge is 0.464 e. The molecule has 0 N–H and O–H groups in total. The predicted molar refractivity (Wildman–Crippen MR) is 65.6 cm³/mol. The van der Waals surface area contributed by atoms with Crippen LogP contribution >= 0.6 is 0 Å². The Morgan fingerprint density at radius 1 is 1.61 bits per heavy atom. The Morgan fingerprint density at radius 2 is 2.44 bits per heavy atom. The van der Waals surface area contributed by atoms with Gasteiger partial charge in [0.05, 0.1) is 25.6 Å². The van der Waals surface area contributed by atoms with E-state index in [0.29, 0.717) is 5.82 Å². The van der Waals surface area contributed by atoms with Crippen LogP contribution in [0, 0.1) is 0 Å². The van der Waals surface area contributed by atoms with E-state index in [2.05, 4.69) is 14.7 Å². The molecule has 0 spiro atoms. The molecule has 0 aromatic carbocycles. The molecule has 1 aromatic rings. The molecule has 1 aliphatic rings. The van der Waals surface area contributed by atoms with Crippen LogP contribution in [-0.4, -0.2) is 49.4 Å². The average molecular weight is 251 g/mol. The third-order valence-electron chi connectivity index (χ3n) is 2.91. The smallest absolute Gasteiger partial charge is 0.358 e. The number of anilines is 1. The van der Waals surface area contributed by atoms with Crippen molar-refractivity contribution < 1.29 is 14.3 Å². The molecule has 6 heteroatoms. The van der Waals surface area contributed by atoms with Gasteiger partial charge in [-0.25, -0.2) is 9.78 Å². The van der Waals surface area contributed by atoms with Gasteiger partial charge >= 0.3 is 5.97 Å². The van der Waals surface area contributed by atoms with Crippen molar-refractivity contribution in [1.82, 2.24) is 9.97 Å². The fourth-order valence-electron chi connectivity index (χ4n) is 1.93. The van der Waals surface area contributed by atoms with E-state index in [9.17, 15) is 4.79 Å². The molecule has 6 nitrogen and oxygen atoms in total. The predicted octanol–water partition coefficient (Wildman–Crippen LogP) is 0.878. The molecule has 0 bridgehead atoms. The SMILES string of the molecule is COC(=O)c1cncc(N(C)CC2CCCO2)n1. The maximum Gasteiger partial charge on any atom is 0.358 e. The first-order chi connectivity index (χ1) is 8.70. The minimum absolute atomic E-state index is 0.217. The van der Waals surface area contributed by atoms with Gasteiger partial charge in [-0.3, -0.25) is 4.98 Å². The van der Waals surface area contributed by atoms with Gasteiger partial charge < -0.3 is 14.4 Å². The molecule has 0 saturated carbocycles. The third-order valence-corrected chi connectivity index (χ3v) is 2.91. The van der Waals surface area contributed by atoms with E-state index < -0.39 is 5.97 Å². The monoisotopic (exact) mass is 251 g/mol. The van der Waals surface area contributed by atoms with Gasteiger partial charge in [-0.05, 0) is 12.8 Å². The third kappa shape index (κ3) is 2.95. The number of carbonyl (C=O) groups is 1. The van der Waals surface area contributed by atoms with Gasteiger partial charge in [0.15, 0.2) is 5.69 Å². The highest BCUT2D eigenvalue weighted by atomic mass is 16.5. The van der Waals surface area contributed by atoms with Crippen molar-refractivity contribution in [3.63, 3.8) is 0 Å². The maximum absolute atomic E-state index is 11.4. The van der Waals surface area contributed by atoms with Crippen molar-refractivity contribution in [3.05, 3.63) is 18.1 Å². The van der Waals surface area contributed by atoms with Crippen LogP contribution in [0.15, 0.2) is 12.4 Å². The molecule has 2 rings (SSSR count). The number of methoxy groups -OCH3 is 1. The van der Waals surface area contributed by atoms with Crippen LogP contribution in [0.4, 0.5) is 5.82 Å². The lowest BCUT2D eigenvalue weighted by Gasteiger charge is -2.21. The Balaban J connectivity index is 2.04. The Bertz CT molecular complexity index is 419. The van der Waals surface area contributed by atoms with E-state index in [4.69, 9.17) is 4.74 Å². The molecule has 18 heavy (non-hydrogen) atoms. The number of esters is 1. The zero-order valence-corrected chi connectivity index (χ0v) is 10.6. The molecule has 1 fully saturated rings. The summed E-state index contributed by atoms with van der Waals surface area (Å²) in [6.45, 7) is 1.58. The number of ether oxygens (including phenoxy) is 2. The first-order valence-corrected chi connectivity index (χ1v) is 5.94. The highest BCUT2D eigenvalue weighted by Crippen LogP contribution is 2.16. The molecule has 2 heterocycles. The van der Waals surface area contributed by atoms with Crippen molar-refractivity contribution in [2.24, 2.45) is 0 Å². The topological polar surface area (TPSA) is 64.5 Å². The first-order valence-electron chi connectivity index (χ1n) is 5.94. The van der Waals surface area contributed by atoms with E-state index in [1.807, 2.05) is 11.9 Å². The number of nitrogens with zero attached hydrogens (tertiary/aromatic N) is 3. The van der Waals surface area contributed by atoms with Crippen molar-refractivity contribution >= 4 is 11.8 Å². The van der Waals surface area contributed by atoms with E-state index >= 15 is 0 Å². The van der Waals surface area contributed by atoms with Gasteiger partial charge in [-0.1, -0.05) is 0 Å². The Hall–Kier alpha value is -1.69. The van der Waals surface area contributed by atoms with Gasteiger partial charge in [0.25, 0.3) is 0 Å². The second-order valence-corrected chi connectivity index (χ2v) is 4.27. The standard InChI is InChI=1S/C12H17N3O3/c1-15(8-9-4-3-5-18-9)11-7-13-6-10(14-11)12(16)17-2/h6-7,9H,3-5,8H2,1-2H3. The summed E-state index contributed by atoms with van der Waals surface area (Å²) in [5.74, 6) is 0.170. The second kappa shape index (κ2) is 5.77. The van der Waals surface area contributed by atoms with E-state index in [1.165, 1.54) is 13.3 Å². The molecule has 1 aromatic heterocycles. The van der Waals surface area contributed by atoms with Crippen molar-refractivity contribution in [3.8, 4) is 0 Å². The summed E-state index contributed by atoms with van der Waals surface area (Å²) in [6.07, 6.45) is 5.43.